The molecule has 1 aromatic heterocycles. The topological polar surface area (TPSA) is 202 Å². The molecule has 1 aliphatic heterocycles. The zero-order valence-electron chi connectivity index (χ0n) is 19.8. The zero-order chi connectivity index (χ0) is 27.6. The third kappa shape index (κ3) is 5.55. The van der Waals surface area contributed by atoms with Crippen molar-refractivity contribution < 1.29 is 58.5 Å². The van der Waals surface area contributed by atoms with Gasteiger partial charge in [0.1, 0.15) is 55.2 Å². The summed E-state index contributed by atoms with van der Waals surface area (Å²) in [5, 5.41) is 49.3. The Balaban J connectivity index is 1.64. The van der Waals surface area contributed by atoms with Gasteiger partial charge in [-0.2, -0.15) is 0 Å². The number of hydrogen-bond acceptors (Lipinski definition) is 12. The zero-order valence-corrected chi connectivity index (χ0v) is 19.8. The first-order valence-corrected chi connectivity index (χ1v) is 11.3. The molecule has 1 aliphatic rings. The second kappa shape index (κ2) is 11.1. The van der Waals surface area contributed by atoms with Crippen LogP contribution in [0.4, 0.5) is 0 Å². The number of carboxylic acids is 1. The number of hydrogen-bond donors (Lipinski definition) is 5. The number of phenols is 1. The van der Waals surface area contributed by atoms with Crippen LogP contribution < -0.4 is 14.9 Å². The van der Waals surface area contributed by atoms with Gasteiger partial charge in [0, 0.05) is 6.07 Å². The molecule has 0 bridgehead atoms. The lowest BCUT2D eigenvalue weighted by Gasteiger charge is -2.39. The van der Waals surface area contributed by atoms with Crippen LogP contribution >= 0.6 is 0 Å². The van der Waals surface area contributed by atoms with Crippen molar-refractivity contribution in [3.8, 4) is 28.4 Å². The molecule has 0 aliphatic carbocycles. The van der Waals surface area contributed by atoms with Gasteiger partial charge in [-0.3, -0.25) is 14.4 Å². The number of phenolic OH excluding ortho intramolecular Hbond substituents is 1. The molecule has 0 radical (unpaired) electrons. The lowest BCUT2D eigenvalue weighted by Crippen LogP contribution is -2.60. The Bertz CT molecular complexity index is 1380. The highest BCUT2D eigenvalue weighted by atomic mass is 16.7. The first-order chi connectivity index (χ1) is 18.1. The van der Waals surface area contributed by atoms with Crippen LogP contribution in [0.1, 0.15) is 6.42 Å². The van der Waals surface area contributed by atoms with E-state index >= 15 is 0 Å². The number of carbonyl (C=O) groups is 2. The maximum atomic E-state index is 13.3. The number of carboxylic acid groups (broad SMARTS) is 1. The summed E-state index contributed by atoms with van der Waals surface area (Å²) in [6.45, 7) is -0.638. The molecule has 38 heavy (non-hydrogen) atoms. The van der Waals surface area contributed by atoms with Gasteiger partial charge in [-0.1, -0.05) is 12.1 Å². The molecular weight excluding hydrogens is 508 g/mol. The maximum absolute atomic E-state index is 13.3. The normalized spacial score (nSPS) is 23.1. The molecule has 0 unspecified atom stereocenters. The highest BCUT2D eigenvalue weighted by Gasteiger charge is 2.45. The van der Waals surface area contributed by atoms with Gasteiger partial charge in [0.05, 0.1) is 18.1 Å². The van der Waals surface area contributed by atoms with Crippen molar-refractivity contribution in [2.24, 2.45) is 0 Å². The molecule has 0 amide bonds. The number of methoxy groups -OCH3 is 1. The molecule has 1 saturated heterocycles. The summed E-state index contributed by atoms with van der Waals surface area (Å²) in [5.41, 5.74) is 0.170. The summed E-state index contributed by atoms with van der Waals surface area (Å²) in [4.78, 5) is 35.5. The molecular formula is C25H24O13. The Morgan fingerprint density at radius 1 is 1.03 bits per heavy atom. The molecule has 5 N–H and O–H groups in total. The highest BCUT2D eigenvalue weighted by Crippen LogP contribution is 2.34. The smallest absolute Gasteiger partial charge is 0.317 e. The van der Waals surface area contributed by atoms with Crippen molar-refractivity contribution in [2.75, 3.05) is 13.7 Å². The van der Waals surface area contributed by atoms with Gasteiger partial charge in [0.25, 0.3) is 0 Å². The van der Waals surface area contributed by atoms with Gasteiger partial charge in [0.15, 0.2) is 11.3 Å². The van der Waals surface area contributed by atoms with Gasteiger partial charge in [-0.05, 0) is 23.8 Å². The van der Waals surface area contributed by atoms with Gasteiger partial charge >= 0.3 is 11.9 Å². The van der Waals surface area contributed by atoms with E-state index in [4.69, 9.17) is 28.5 Å². The van der Waals surface area contributed by atoms with Crippen LogP contribution in [0.25, 0.3) is 22.1 Å². The molecule has 3 aromatic rings. The van der Waals surface area contributed by atoms with Crippen molar-refractivity contribution in [1.29, 1.82) is 0 Å². The average molecular weight is 532 g/mol. The third-order valence-electron chi connectivity index (χ3n) is 5.84. The summed E-state index contributed by atoms with van der Waals surface area (Å²) in [6, 6.07) is 8.66. The monoisotopic (exact) mass is 532 g/mol. The lowest BCUT2D eigenvalue weighted by molar-refractivity contribution is -0.278. The Labute approximate surface area is 214 Å². The Morgan fingerprint density at radius 3 is 2.39 bits per heavy atom. The van der Waals surface area contributed by atoms with E-state index in [-0.39, 0.29) is 33.8 Å². The van der Waals surface area contributed by atoms with E-state index in [9.17, 15) is 34.8 Å². The number of benzene rings is 2. The first kappa shape index (κ1) is 26.9. The Kier molecular flexibility index (Phi) is 7.83. The van der Waals surface area contributed by atoms with Crippen molar-refractivity contribution in [3.63, 3.8) is 0 Å². The van der Waals surface area contributed by atoms with E-state index in [1.807, 2.05) is 0 Å². The molecule has 0 spiro atoms. The number of esters is 1. The van der Waals surface area contributed by atoms with Crippen molar-refractivity contribution >= 4 is 22.9 Å². The number of fused-ring (bicyclic) bond motifs is 1. The van der Waals surface area contributed by atoms with E-state index in [1.54, 1.807) is 0 Å². The number of rotatable bonds is 8. The second-order valence-corrected chi connectivity index (χ2v) is 8.41. The van der Waals surface area contributed by atoms with Crippen LogP contribution in [0.5, 0.6) is 17.2 Å². The van der Waals surface area contributed by atoms with E-state index in [2.05, 4.69) is 0 Å². The summed E-state index contributed by atoms with van der Waals surface area (Å²) in [5.74, 6) is -2.42. The van der Waals surface area contributed by atoms with E-state index in [0.717, 1.165) is 0 Å². The minimum atomic E-state index is -1.79. The summed E-state index contributed by atoms with van der Waals surface area (Å²) < 4.78 is 27.0. The molecule has 13 nitrogen and oxygen atoms in total. The number of aromatic hydroxyl groups is 1. The van der Waals surface area contributed by atoms with Gasteiger partial charge < -0.3 is 48.9 Å². The largest absolute Gasteiger partial charge is 0.508 e. The molecule has 202 valence electrons. The lowest BCUT2D eigenvalue weighted by atomic mass is 9.99. The SMILES string of the molecule is COc1cc(O[C@@H]2O[C@H](COC(=O)CC(=O)O)[C@@H](O)[C@H](O)[C@H]2O)c2occ(-c3ccc(O)cc3)c(=O)c2c1. The quantitative estimate of drug-likeness (QED) is 0.197. The standard InChI is InChI=1S/C25H24O13/c1-34-13-6-14-20(30)15(11-2-4-12(26)5-3-11)9-36-24(14)16(7-13)37-25-23(33)22(32)21(31)17(38-25)10-35-19(29)8-18(27)28/h2-7,9,17,21-23,25-26,31-33H,8,10H2,1H3,(H,27,28)/t17-,21-,22+,23-,25-/m1/s1. The van der Waals surface area contributed by atoms with Crippen LogP contribution in [-0.4, -0.2) is 81.9 Å². The number of aliphatic carboxylic acids is 1. The average Bonchev–Trinajstić information content (AvgIpc) is 2.88. The molecule has 5 atom stereocenters. The van der Waals surface area contributed by atoms with Gasteiger partial charge in [0.2, 0.25) is 11.7 Å². The van der Waals surface area contributed by atoms with E-state index < -0.39 is 61.1 Å². The van der Waals surface area contributed by atoms with Crippen molar-refractivity contribution in [1.82, 2.24) is 0 Å². The summed E-state index contributed by atoms with van der Waals surface area (Å²) in [6.07, 6.45) is -8.01. The molecule has 2 aromatic carbocycles. The third-order valence-corrected chi connectivity index (χ3v) is 5.84. The summed E-state index contributed by atoms with van der Waals surface area (Å²) in [7, 11) is 1.35. The minimum Gasteiger partial charge on any atom is -0.508 e. The molecule has 4 rings (SSSR count). The van der Waals surface area contributed by atoms with Gasteiger partial charge in [-0.25, -0.2) is 0 Å². The van der Waals surface area contributed by atoms with Crippen LogP contribution in [0, 0.1) is 0 Å². The molecule has 13 heteroatoms. The predicted octanol–water partition coefficient (Wildman–Crippen LogP) is 0.379. The fourth-order valence-corrected chi connectivity index (χ4v) is 3.86. The van der Waals surface area contributed by atoms with Crippen LogP contribution in [0.3, 0.4) is 0 Å². The Morgan fingerprint density at radius 2 is 1.74 bits per heavy atom. The first-order valence-electron chi connectivity index (χ1n) is 11.3. The van der Waals surface area contributed by atoms with Crippen LogP contribution in [0.15, 0.2) is 51.9 Å². The minimum absolute atomic E-state index is 0.0181. The van der Waals surface area contributed by atoms with Crippen LogP contribution in [-0.2, 0) is 19.1 Å². The molecule has 0 saturated carbocycles. The highest BCUT2D eigenvalue weighted by molar-refractivity contribution is 5.90. The summed E-state index contributed by atoms with van der Waals surface area (Å²) >= 11 is 0. The predicted molar refractivity (Wildman–Crippen MR) is 127 cm³/mol. The fraction of sp³-hybridized carbons (Fsp3) is 0.320. The Hall–Kier alpha value is -4.17. The van der Waals surface area contributed by atoms with Crippen LogP contribution in [0.2, 0.25) is 0 Å². The number of carbonyl (C=O) groups excluding carboxylic acids is 1. The molecule has 1 fully saturated rings. The number of ether oxygens (including phenoxy) is 4. The van der Waals surface area contributed by atoms with Gasteiger partial charge in [-0.15, -0.1) is 0 Å². The van der Waals surface area contributed by atoms with E-state index in [0.29, 0.717) is 5.56 Å². The second-order valence-electron chi connectivity index (χ2n) is 8.41. The van der Waals surface area contributed by atoms with E-state index in [1.165, 1.54) is 49.8 Å². The maximum Gasteiger partial charge on any atom is 0.317 e. The fourth-order valence-electron chi connectivity index (χ4n) is 3.86. The number of aliphatic hydroxyl groups is 3. The van der Waals surface area contributed by atoms with Crippen molar-refractivity contribution in [3.05, 3.63) is 52.9 Å². The molecule has 2 heterocycles. The number of aliphatic hydroxyl groups excluding tert-OH is 3. The van der Waals surface area contributed by atoms with Crippen molar-refractivity contribution in [2.45, 2.75) is 37.1 Å².